The third-order valence-corrected chi connectivity index (χ3v) is 4.42. The van der Waals surface area contributed by atoms with Gasteiger partial charge < -0.3 is 14.4 Å². The fourth-order valence-electron chi connectivity index (χ4n) is 2.63. The molecule has 1 aliphatic rings. The number of thiocarbonyl (C=S) groups is 1. The second-order valence-corrected chi connectivity index (χ2v) is 5.95. The van der Waals surface area contributed by atoms with Crippen molar-refractivity contribution in [3.8, 4) is 5.75 Å². The van der Waals surface area contributed by atoms with Gasteiger partial charge in [0.25, 0.3) is 5.69 Å². The largest absolute Gasteiger partial charge is 0.422 e. The van der Waals surface area contributed by atoms with Gasteiger partial charge in [0.05, 0.1) is 23.7 Å². The number of hydrogen-bond acceptors (Lipinski definition) is 6. The van der Waals surface area contributed by atoms with E-state index in [1.165, 1.54) is 18.2 Å². The highest BCUT2D eigenvalue weighted by Gasteiger charge is 2.24. The van der Waals surface area contributed by atoms with Crippen LogP contribution in [0.15, 0.2) is 48.5 Å². The molecule has 2 aromatic carbocycles. The van der Waals surface area contributed by atoms with Crippen molar-refractivity contribution < 1.29 is 19.2 Å². The lowest BCUT2D eigenvalue weighted by Crippen LogP contribution is -2.40. The Balaban J connectivity index is 1.86. The summed E-state index contributed by atoms with van der Waals surface area (Å²) in [4.78, 5) is 25.5. The van der Waals surface area contributed by atoms with Crippen LogP contribution < -0.4 is 4.74 Å². The quantitative estimate of drug-likeness (QED) is 0.268. The molecule has 2 aromatic rings. The molecule has 1 fully saturated rings. The summed E-state index contributed by atoms with van der Waals surface area (Å²) in [5, 5.41) is 11.1. The Bertz CT molecular complexity index is 849. The fourth-order valence-corrected chi connectivity index (χ4v) is 2.98. The number of nitro benzene ring substituents is 1. The van der Waals surface area contributed by atoms with E-state index >= 15 is 0 Å². The molecule has 8 heteroatoms. The average Bonchev–Trinajstić information content (AvgIpc) is 2.68. The average molecular weight is 372 g/mol. The molecule has 0 bridgehead atoms. The van der Waals surface area contributed by atoms with Crippen molar-refractivity contribution in [1.82, 2.24) is 4.90 Å². The summed E-state index contributed by atoms with van der Waals surface area (Å²) < 4.78 is 10.8. The van der Waals surface area contributed by atoms with Gasteiger partial charge in [-0.1, -0.05) is 36.5 Å². The first-order chi connectivity index (χ1) is 12.6. The molecule has 0 unspecified atom stereocenters. The molecule has 3 rings (SSSR count). The van der Waals surface area contributed by atoms with Gasteiger partial charge in [0.2, 0.25) is 0 Å². The Labute approximate surface area is 155 Å². The molecule has 1 saturated heterocycles. The number of hydrogen-bond donors (Lipinski definition) is 0. The summed E-state index contributed by atoms with van der Waals surface area (Å²) in [6.07, 6.45) is 0. The van der Waals surface area contributed by atoms with E-state index in [2.05, 4.69) is 0 Å². The van der Waals surface area contributed by atoms with Crippen LogP contribution in [0.1, 0.15) is 15.9 Å². The summed E-state index contributed by atoms with van der Waals surface area (Å²) in [7, 11) is 0. The van der Waals surface area contributed by atoms with E-state index in [0.29, 0.717) is 36.9 Å². The number of morpholine rings is 1. The molecule has 0 atom stereocenters. The number of carbonyl (C=O) groups is 1. The molecular weight excluding hydrogens is 356 g/mol. The number of para-hydroxylation sites is 2. The Hall–Kier alpha value is -2.84. The predicted octanol–water partition coefficient (Wildman–Crippen LogP) is 2.82. The van der Waals surface area contributed by atoms with Crippen molar-refractivity contribution >= 4 is 28.9 Å². The molecular formula is C18H16N2O5S. The molecule has 7 nitrogen and oxygen atoms in total. The van der Waals surface area contributed by atoms with E-state index in [0.717, 1.165) is 0 Å². The first-order valence-corrected chi connectivity index (χ1v) is 8.40. The van der Waals surface area contributed by atoms with Crippen molar-refractivity contribution in [2.24, 2.45) is 0 Å². The minimum Gasteiger partial charge on any atom is -0.422 e. The van der Waals surface area contributed by atoms with Gasteiger partial charge in [-0.05, 0) is 18.2 Å². The van der Waals surface area contributed by atoms with Crippen LogP contribution in [0.2, 0.25) is 0 Å². The van der Waals surface area contributed by atoms with Gasteiger partial charge in [0, 0.05) is 19.2 Å². The van der Waals surface area contributed by atoms with Gasteiger partial charge in [-0.2, -0.15) is 0 Å². The van der Waals surface area contributed by atoms with Crippen LogP contribution in [0, 0.1) is 10.1 Å². The standard InChI is InChI=1S/C18H16N2O5S/c21-18(13-5-1-3-7-15(13)20(22)23)25-16-8-4-2-6-14(16)17(26)19-9-11-24-12-10-19/h1-8H,9-12H2. The lowest BCUT2D eigenvalue weighted by atomic mass is 10.1. The van der Waals surface area contributed by atoms with Crippen LogP contribution in [0.5, 0.6) is 5.75 Å². The van der Waals surface area contributed by atoms with Crippen molar-refractivity contribution in [3.63, 3.8) is 0 Å². The molecule has 1 aliphatic heterocycles. The highest BCUT2D eigenvalue weighted by Crippen LogP contribution is 2.25. The predicted molar refractivity (Wildman–Crippen MR) is 98.6 cm³/mol. The molecule has 0 aliphatic carbocycles. The van der Waals surface area contributed by atoms with Crippen molar-refractivity contribution in [2.45, 2.75) is 0 Å². The maximum absolute atomic E-state index is 12.5. The monoisotopic (exact) mass is 372 g/mol. The van der Waals surface area contributed by atoms with Gasteiger partial charge in [-0.15, -0.1) is 0 Å². The first kappa shape index (κ1) is 18.0. The van der Waals surface area contributed by atoms with Gasteiger partial charge >= 0.3 is 5.97 Å². The number of benzene rings is 2. The summed E-state index contributed by atoms with van der Waals surface area (Å²) in [6, 6.07) is 12.6. The highest BCUT2D eigenvalue weighted by molar-refractivity contribution is 7.80. The van der Waals surface area contributed by atoms with E-state index in [1.807, 2.05) is 4.90 Å². The maximum Gasteiger partial charge on any atom is 0.350 e. The smallest absolute Gasteiger partial charge is 0.350 e. The van der Waals surface area contributed by atoms with E-state index < -0.39 is 10.9 Å². The van der Waals surface area contributed by atoms with Crippen molar-refractivity contribution in [1.29, 1.82) is 0 Å². The lowest BCUT2D eigenvalue weighted by molar-refractivity contribution is -0.385. The minimum absolute atomic E-state index is 0.107. The van der Waals surface area contributed by atoms with E-state index in [1.54, 1.807) is 30.3 Å². The molecule has 134 valence electrons. The molecule has 0 spiro atoms. The number of ether oxygens (including phenoxy) is 2. The van der Waals surface area contributed by atoms with Gasteiger partial charge in [-0.25, -0.2) is 4.79 Å². The summed E-state index contributed by atoms with van der Waals surface area (Å²) in [6.45, 7) is 2.48. The number of nitro groups is 1. The first-order valence-electron chi connectivity index (χ1n) is 7.99. The third kappa shape index (κ3) is 3.87. The number of rotatable bonds is 4. The summed E-state index contributed by atoms with van der Waals surface area (Å²) in [5.74, 6) is -0.526. The molecule has 1 heterocycles. The summed E-state index contributed by atoms with van der Waals surface area (Å²) >= 11 is 5.54. The van der Waals surface area contributed by atoms with Crippen LogP contribution in [0.25, 0.3) is 0 Å². The second-order valence-electron chi connectivity index (χ2n) is 5.56. The fraction of sp³-hybridized carbons (Fsp3) is 0.222. The molecule has 0 amide bonds. The van der Waals surface area contributed by atoms with Crippen LogP contribution >= 0.6 is 12.2 Å². The lowest BCUT2D eigenvalue weighted by Gasteiger charge is -2.29. The topological polar surface area (TPSA) is 81.9 Å². The van der Waals surface area contributed by atoms with E-state index in [9.17, 15) is 14.9 Å². The zero-order valence-corrected chi connectivity index (χ0v) is 14.6. The Morgan fingerprint density at radius 2 is 1.69 bits per heavy atom. The Morgan fingerprint density at radius 3 is 2.38 bits per heavy atom. The van der Waals surface area contributed by atoms with E-state index in [-0.39, 0.29) is 17.0 Å². The zero-order valence-electron chi connectivity index (χ0n) is 13.8. The Morgan fingerprint density at radius 1 is 1.08 bits per heavy atom. The molecule has 0 aromatic heterocycles. The third-order valence-electron chi connectivity index (χ3n) is 3.94. The summed E-state index contributed by atoms with van der Waals surface area (Å²) in [5.41, 5.74) is 0.187. The second kappa shape index (κ2) is 8.03. The molecule has 0 saturated carbocycles. The molecule has 0 radical (unpaired) electrons. The van der Waals surface area contributed by atoms with Crippen LogP contribution in [-0.4, -0.2) is 47.1 Å². The number of esters is 1. The minimum atomic E-state index is -0.797. The van der Waals surface area contributed by atoms with Crippen molar-refractivity contribution in [2.75, 3.05) is 26.3 Å². The number of nitrogens with zero attached hydrogens (tertiary/aromatic N) is 2. The van der Waals surface area contributed by atoms with Gasteiger partial charge in [0.15, 0.2) is 0 Å². The SMILES string of the molecule is O=C(Oc1ccccc1C(=S)N1CCOCC1)c1ccccc1[N+](=O)[O-]. The van der Waals surface area contributed by atoms with Crippen molar-refractivity contribution in [3.05, 3.63) is 69.8 Å². The number of carbonyl (C=O) groups excluding carboxylic acids is 1. The van der Waals surface area contributed by atoms with Crippen LogP contribution in [-0.2, 0) is 4.74 Å². The van der Waals surface area contributed by atoms with Gasteiger partial charge in [0.1, 0.15) is 16.3 Å². The molecule has 0 N–H and O–H groups in total. The van der Waals surface area contributed by atoms with Crippen LogP contribution in [0.4, 0.5) is 5.69 Å². The van der Waals surface area contributed by atoms with Gasteiger partial charge in [-0.3, -0.25) is 10.1 Å². The molecule has 26 heavy (non-hydrogen) atoms. The van der Waals surface area contributed by atoms with Crippen LogP contribution in [0.3, 0.4) is 0 Å². The highest BCUT2D eigenvalue weighted by atomic mass is 32.1. The Kier molecular flexibility index (Phi) is 5.55. The maximum atomic E-state index is 12.5. The van der Waals surface area contributed by atoms with E-state index in [4.69, 9.17) is 21.7 Å². The zero-order chi connectivity index (χ0) is 18.5. The normalized spacial score (nSPS) is 13.9.